The van der Waals surface area contributed by atoms with Crippen LogP contribution in [-0.2, 0) is 14.9 Å². The third-order valence-electron chi connectivity index (χ3n) is 3.26. The molecule has 0 unspecified atom stereocenters. The normalized spacial score (nSPS) is 13.4. The van der Waals surface area contributed by atoms with Crippen LogP contribution >= 0.6 is 11.8 Å². The molecular formula is C14H17NO5S2. The number of benzene rings is 1. The molecule has 22 heavy (non-hydrogen) atoms. The molecule has 8 heteroatoms. The Labute approximate surface area is 132 Å². The Bertz CT molecular complexity index is 782. The van der Waals surface area contributed by atoms with E-state index in [-0.39, 0.29) is 5.75 Å². The van der Waals surface area contributed by atoms with Crippen LogP contribution in [0.15, 0.2) is 35.5 Å². The summed E-state index contributed by atoms with van der Waals surface area (Å²) in [6.07, 6.45) is 2.09. The van der Waals surface area contributed by atoms with Gasteiger partial charge in [-0.1, -0.05) is 24.3 Å². The molecule has 6 nitrogen and oxygen atoms in total. The predicted octanol–water partition coefficient (Wildman–Crippen LogP) is 2.66. The van der Waals surface area contributed by atoms with Crippen LogP contribution in [0.5, 0.6) is 0 Å². The van der Waals surface area contributed by atoms with Crippen LogP contribution < -0.4 is 0 Å². The van der Waals surface area contributed by atoms with Crippen LogP contribution in [0, 0.1) is 0 Å². The Morgan fingerprint density at radius 1 is 1.36 bits per heavy atom. The molecule has 120 valence electrons. The molecule has 0 aliphatic carbocycles. The summed E-state index contributed by atoms with van der Waals surface area (Å²) in [7, 11) is -3.96. The van der Waals surface area contributed by atoms with Gasteiger partial charge in [0.1, 0.15) is 6.04 Å². The van der Waals surface area contributed by atoms with E-state index >= 15 is 0 Å². The number of aliphatic carboxylic acids is 1. The molecule has 0 radical (unpaired) electrons. The zero-order valence-electron chi connectivity index (χ0n) is 12.0. The molecular weight excluding hydrogens is 326 g/mol. The number of rotatable bonds is 7. The zero-order valence-corrected chi connectivity index (χ0v) is 13.6. The van der Waals surface area contributed by atoms with Gasteiger partial charge in [0.2, 0.25) is 0 Å². The minimum absolute atomic E-state index is 0.296. The number of fused-ring (bicyclic) bond motifs is 1. The van der Waals surface area contributed by atoms with Crippen LogP contribution in [0.2, 0.25) is 0 Å². The molecule has 0 spiro atoms. The van der Waals surface area contributed by atoms with Crippen molar-refractivity contribution in [3.63, 3.8) is 0 Å². The van der Waals surface area contributed by atoms with E-state index < -0.39 is 22.1 Å². The van der Waals surface area contributed by atoms with Gasteiger partial charge in [-0.15, -0.1) is 11.8 Å². The number of thioether (sulfide) groups is 1. The van der Waals surface area contributed by atoms with Crippen molar-refractivity contribution in [1.82, 2.24) is 4.57 Å². The molecule has 0 aliphatic rings. The second kappa shape index (κ2) is 6.72. The number of carbonyl (C=O) groups is 1. The lowest BCUT2D eigenvalue weighted by atomic mass is 10.2. The highest BCUT2D eigenvalue weighted by atomic mass is 32.2. The average Bonchev–Trinajstić information content (AvgIpc) is 2.80. The van der Waals surface area contributed by atoms with Gasteiger partial charge in [-0.25, -0.2) is 4.79 Å². The lowest BCUT2D eigenvalue weighted by molar-refractivity contribution is -0.140. The molecule has 1 aromatic heterocycles. The summed E-state index contributed by atoms with van der Waals surface area (Å²) in [5.74, 6) is -0.757. The number of carboxylic acids is 1. The molecule has 0 saturated carbocycles. The van der Waals surface area contributed by atoms with E-state index in [9.17, 15) is 18.3 Å². The lowest BCUT2D eigenvalue weighted by Gasteiger charge is -2.13. The molecule has 2 rings (SSSR count). The number of carboxylic acid groups (broad SMARTS) is 1. The fraction of sp³-hybridized carbons (Fsp3) is 0.357. The monoisotopic (exact) mass is 343 g/mol. The third-order valence-corrected chi connectivity index (χ3v) is 5.27. The fourth-order valence-electron chi connectivity index (χ4n) is 2.12. The Hall–Kier alpha value is -1.51. The highest BCUT2D eigenvalue weighted by molar-refractivity contribution is 7.99. The molecule has 2 aromatic rings. The standard InChI is InChI=1S/C14H17NO5S2/c1-10(14(16)17)15-9-11-5-2-3-6-12(11)13(15)21-7-4-8-22(18,19)20/h2-3,5-6,9-10H,4,7-8H2,1H3,(H,16,17)(H,18,19,20)/t10-/m0/s1. The molecule has 1 atom stereocenters. The van der Waals surface area contributed by atoms with Crippen LogP contribution in [0.25, 0.3) is 10.8 Å². The maximum absolute atomic E-state index is 11.2. The van der Waals surface area contributed by atoms with E-state index in [4.69, 9.17) is 4.55 Å². The van der Waals surface area contributed by atoms with Crippen molar-refractivity contribution in [2.75, 3.05) is 11.5 Å². The lowest BCUT2D eigenvalue weighted by Crippen LogP contribution is -2.15. The summed E-state index contributed by atoms with van der Waals surface area (Å²) in [6.45, 7) is 1.60. The Morgan fingerprint density at radius 3 is 2.68 bits per heavy atom. The maximum Gasteiger partial charge on any atom is 0.326 e. The summed E-state index contributed by atoms with van der Waals surface area (Å²) in [6, 6.07) is 6.86. The van der Waals surface area contributed by atoms with Gasteiger partial charge in [0.25, 0.3) is 10.1 Å². The van der Waals surface area contributed by atoms with Gasteiger partial charge in [0.15, 0.2) is 0 Å². The molecule has 1 heterocycles. The van der Waals surface area contributed by atoms with Gasteiger partial charge in [-0.2, -0.15) is 8.42 Å². The molecule has 0 aliphatic heterocycles. The number of nitrogens with zero attached hydrogens (tertiary/aromatic N) is 1. The molecule has 0 saturated heterocycles. The van der Waals surface area contributed by atoms with Crippen LogP contribution in [0.1, 0.15) is 19.4 Å². The van der Waals surface area contributed by atoms with E-state index in [1.165, 1.54) is 11.8 Å². The summed E-state index contributed by atoms with van der Waals surface area (Å²) < 4.78 is 31.9. The first-order valence-corrected chi connectivity index (χ1v) is 9.29. The molecule has 0 fully saturated rings. The first kappa shape index (κ1) is 16.9. The number of hydrogen-bond acceptors (Lipinski definition) is 4. The second-order valence-corrected chi connectivity index (χ2v) is 7.59. The van der Waals surface area contributed by atoms with Crippen molar-refractivity contribution in [2.24, 2.45) is 0 Å². The van der Waals surface area contributed by atoms with Crippen molar-refractivity contribution in [2.45, 2.75) is 24.4 Å². The summed E-state index contributed by atoms with van der Waals surface area (Å²) in [4.78, 5) is 11.2. The van der Waals surface area contributed by atoms with Crippen LogP contribution in [-0.4, -0.2) is 40.1 Å². The van der Waals surface area contributed by atoms with Crippen molar-refractivity contribution < 1.29 is 22.9 Å². The molecule has 0 bridgehead atoms. The Balaban J connectivity index is 2.25. The van der Waals surface area contributed by atoms with Crippen molar-refractivity contribution >= 4 is 38.6 Å². The third kappa shape index (κ3) is 4.02. The van der Waals surface area contributed by atoms with Gasteiger partial charge in [-0.3, -0.25) is 4.55 Å². The van der Waals surface area contributed by atoms with E-state index in [2.05, 4.69) is 0 Å². The first-order valence-electron chi connectivity index (χ1n) is 6.70. The average molecular weight is 343 g/mol. The van der Waals surface area contributed by atoms with Crippen LogP contribution in [0.3, 0.4) is 0 Å². The minimum atomic E-state index is -3.96. The van der Waals surface area contributed by atoms with Gasteiger partial charge in [0, 0.05) is 22.7 Å². The van der Waals surface area contributed by atoms with Gasteiger partial charge < -0.3 is 9.67 Å². The Kier molecular flexibility index (Phi) is 5.15. The van der Waals surface area contributed by atoms with E-state index in [0.29, 0.717) is 12.2 Å². The maximum atomic E-state index is 11.2. The molecule has 1 aromatic carbocycles. The topological polar surface area (TPSA) is 96.6 Å². The predicted molar refractivity (Wildman–Crippen MR) is 86.0 cm³/mol. The van der Waals surface area contributed by atoms with E-state index in [1.54, 1.807) is 17.7 Å². The molecule has 2 N–H and O–H groups in total. The second-order valence-electron chi connectivity index (χ2n) is 4.93. The van der Waals surface area contributed by atoms with Crippen molar-refractivity contribution in [3.05, 3.63) is 30.5 Å². The highest BCUT2D eigenvalue weighted by Gasteiger charge is 2.19. The highest BCUT2D eigenvalue weighted by Crippen LogP contribution is 2.33. The first-order chi connectivity index (χ1) is 10.3. The van der Waals surface area contributed by atoms with Crippen molar-refractivity contribution in [1.29, 1.82) is 0 Å². The smallest absolute Gasteiger partial charge is 0.326 e. The van der Waals surface area contributed by atoms with Gasteiger partial charge >= 0.3 is 5.97 Å². The quantitative estimate of drug-likeness (QED) is 0.456. The summed E-state index contributed by atoms with van der Waals surface area (Å²) in [5, 5.41) is 11.9. The van der Waals surface area contributed by atoms with E-state index in [0.717, 1.165) is 15.8 Å². The minimum Gasteiger partial charge on any atom is -0.480 e. The molecule has 0 amide bonds. The summed E-state index contributed by atoms with van der Waals surface area (Å²) in [5.41, 5.74) is 0. The van der Waals surface area contributed by atoms with Crippen molar-refractivity contribution in [3.8, 4) is 0 Å². The zero-order chi connectivity index (χ0) is 16.3. The Morgan fingerprint density at radius 2 is 2.05 bits per heavy atom. The number of aromatic nitrogens is 1. The van der Waals surface area contributed by atoms with Gasteiger partial charge in [-0.05, 0) is 13.3 Å². The fourth-order valence-corrected chi connectivity index (χ4v) is 4.00. The SMILES string of the molecule is C[C@@H](C(=O)O)n1cc2ccccc2c1SCCCS(=O)(=O)O. The van der Waals surface area contributed by atoms with Gasteiger partial charge in [0.05, 0.1) is 10.8 Å². The van der Waals surface area contributed by atoms with Crippen LogP contribution in [0.4, 0.5) is 0 Å². The largest absolute Gasteiger partial charge is 0.480 e. The summed E-state index contributed by atoms with van der Waals surface area (Å²) >= 11 is 1.39. The van der Waals surface area contributed by atoms with E-state index in [1.807, 2.05) is 24.3 Å². The number of hydrogen-bond donors (Lipinski definition) is 2.